The van der Waals surface area contributed by atoms with Gasteiger partial charge in [0.25, 0.3) is 5.91 Å². The van der Waals surface area contributed by atoms with Crippen LogP contribution in [-0.2, 0) is 9.59 Å². The van der Waals surface area contributed by atoms with Crippen molar-refractivity contribution in [1.82, 2.24) is 16.0 Å². The lowest BCUT2D eigenvalue weighted by Gasteiger charge is -2.27. The van der Waals surface area contributed by atoms with Gasteiger partial charge in [-0.1, -0.05) is 29.3 Å². The van der Waals surface area contributed by atoms with E-state index in [9.17, 15) is 19.5 Å². The number of ether oxygens (including phenoxy) is 1. The zero-order valence-corrected chi connectivity index (χ0v) is 19.9. The van der Waals surface area contributed by atoms with E-state index in [-0.39, 0.29) is 40.7 Å². The van der Waals surface area contributed by atoms with Gasteiger partial charge in [-0.2, -0.15) is 0 Å². The number of nitrogens with two attached hydrogens (primary N) is 1. The maximum absolute atomic E-state index is 12.5. The van der Waals surface area contributed by atoms with Gasteiger partial charge in [-0.15, -0.1) is 0 Å². The monoisotopic (exact) mass is 522 g/mol. The van der Waals surface area contributed by atoms with Crippen molar-refractivity contribution >= 4 is 52.6 Å². The van der Waals surface area contributed by atoms with Gasteiger partial charge in [0.2, 0.25) is 5.91 Å². The summed E-state index contributed by atoms with van der Waals surface area (Å²) in [5.41, 5.74) is 6.73. The fraction of sp³-hybridized carbons (Fsp3) is 0.273. The highest BCUT2D eigenvalue weighted by Gasteiger charge is 2.25. The SMILES string of the molecule is N=C(N)Nc1ccc2c(c1)C(NCC(=O)NC[C@H](NC(=O)c1c(Cl)cccc1Cl)C(=O)O)CCO2. The Bertz CT molecular complexity index is 1130. The minimum atomic E-state index is -1.40. The summed E-state index contributed by atoms with van der Waals surface area (Å²) >= 11 is 12.0. The van der Waals surface area contributed by atoms with Crippen LogP contribution in [0.4, 0.5) is 5.69 Å². The molecule has 11 nitrogen and oxygen atoms in total. The van der Waals surface area contributed by atoms with Crippen LogP contribution in [0, 0.1) is 5.41 Å². The smallest absolute Gasteiger partial charge is 0.328 e. The van der Waals surface area contributed by atoms with E-state index in [1.165, 1.54) is 12.1 Å². The fourth-order valence-electron chi connectivity index (χ4n) is 3.48. The summed E-state index contributed by atoms with van der Waals surface area (Å²) in [6.45, 7) is -0.00467. The molecule has 1 heterocycles. The van der Waals surface area contributed by atoms with Gasteiger partial charge >= 0.3 is 5.97 Å². The molecule has 186 valence electrons. The summed E-state index contributed by atoms with van der Waals surface area (Å²) in [5.74, 6) is -2.13. The van der Waals surface area contributed by atoms with Crippen molar-refractivity contribution in [2.45, 2.75) is 18.5 Å². The highest BCUT2D eigenvalue weighted by atomic mass is 35.5. The number of rotatable bonds is 9. The number of carbonyl (C=O) groups is 3. The first-order valence-electron chi connectivity index (χ1n) is 10.5. The summed E-state index contributed by atoms with van der Waals surface area (Å²) in [6, 6.07) is 8.12. The van der Waals surface area contributed by atoms with E-state index in [0.29, 0.717) is 24.5 Å². The van der Waals surface area contributed by atoms with E-state index in [4.69, 9.17) is 39.1 Å². The molecule has 0 aliphatic carbocycles. The van der Waals surface area contributed by atoms with Gasteiger partial charge < -0.3 is 36.8 Å². The standard InChI is InChI=1S/C22H24Cl2N6O5/c23-13-2-1-3-14(24)19(13)20(32)30-16(21(33)34)9-28-18(31)10-27-15-6-7-35-17-5-4-11(8-12(15)17)29-22(25)26/h1-5,8,15-16,27H,6-7,9-10H2,(H,28,31)(H,30,32)(H,33,34)(H4,25,26,29)/t15?,16-/m0/s1. The lowest BCUT2D eigenvalue weighted by Crippen LogP contribution is -2.49. The molecule has 13 heteroatoms. The van der Waals surface area contributed by atoms with Crippen LogP contribution in [0.25, 0.3) is 0 Å². The van der Waals surface area contributed by atoms with E-state index in [1.807, 2.05) is 0 Å². The molecule has 2 amide bonds. The number of carboxylic acid groups (broad SMARTS) is 1. The number of anilines is 1. The Balaban J connectivity index is 1.56. The lowest BCUT2D eigenvalue weighted by molar-refractivity contribution is -0.139. The molecule has 2 aromatic rings. The average molecular weight is 523 g/mol. The third-order valence-corrected chi connectivity index (χ3v) is 5.76. The molecule has 0 saturated carbocycles. The third-order valence-electron chi connectivity index (χ3n) is 5.13. The van der Waals surface area contributed by atoms with Gasteiger partial charge in [-0.05, 0) is 30.3 Å². The van der Waals surface area contributed by atoms with Gasteiger partial charge in [0.15, 0.2) is 5.96 Å². The van der Waals surface area contributed by atoms with Crippen molar-refractivity contribution in [2.75, 3.05) is 25.0 Å². The zero-order chi connectivity index (χ0) is 25.5. The molecule has 0 bridgehead atoms. The number of nitrogens with one attached hydrogen (secondary N) is 5. The average Bonchev–Trinajstić information content (AvgIpc) is 2.79. The number of halogens is 2. The molecule has 0 spiro atoms. The van der Waals surface area contributed by atoms with Crippen LogP contribution < -0.4 is 31.7 Å². The number of aliphatic carboxylic acids is 1. The number of carboxylic acids is 1. The molecule has 3 rings (SSSR count). The van der Waals surface area contributed by atoms with E-state index in [0.717, 1.165) is 5.56 Å². The molecule has 35 heavy (non-hydrogen) atoms. The van der Waals surface area contributed by atoms with E-state index < -0.39 is 23.8 Å². The van der Waals surface area contributed by atoms with E-state index in [1.54, 1.807) is 24.3 Å². The number of fused-ring (bicyclic) bond motifs is 1. The predicted octanol–water partition coefficient (Wildman–Crippen LogP) is 1.71. The second-order valence-corrected chi connectivity index (χ2v) is 8.44. The molecular weight excluding hydrogens is 499 g/mol. The van der Waals surface area contributed by atoms with Crippen LogP contribution in [0.1, 0.15) is 28.4 Å². The highest BCUT2D eigenvalue weighted by molar-refractivity contribution is 6.39. The first-order valence-corrected chi connectivity index (χ1v) is 11.3. The Morgan fingerprint density at radius 1 is 1.20 bits per heavy atom. The minimum absolute atomic E-state index is 0.0492. The molecule has 8 N–H and O–H groups in total. The Labute approximate surface area is 210 Å². The predicted molar refractivity (Wildman–Crippen MR) is 131 cm³/mol. The molecular formula is C22H24Cl2N6O5. The number of guanidine groups is 1. The fourth-order valence-corrected chi connectivity index (χ4v) is 4.05. The molecule has 0 aromatic heterocycles. The summed E-state index contributed by atoms with van der Waals surface area (Å²) in [4.78, 5) is 36.5. The molecule has 0 radical (unpaired) electrons. The molecule has 0 fully saturated rings. The number of amides is 2. The van der Waals surface area contributed by atoms with Crippen LogP contribution in [0.15, 0.2) is 36.4 Å². The second-order valence-electron chi connectivity index (χ2n) is 7.63. The van der Waals surface area contributed by atoms with Crippen molar-refractivity contribution in [3.63, 3.8) is 0 Å². The van der Waals surface area contributed by atoms with E-state index in [2.05, 4.69) is 21.3 Å². The van der Waals surface area contributed by atoms with Crippen molar-refractivity contribution in [3.05, 3.63) is 57.6 Å². The van der Waals surface area contributed by atoms with Crippen molar-refractivity contribution in [2.24, 2.45) is 5.73 Å². The first-order chi connectivity index (χ1) is 16.7. The van der Waals surface area contributed by atoms with Crippen molar-refractivity contribution < 1.29 is 24.2 Å². The van der Waals surface area contributed by atoms with Crippen LogP contribution in [0.5, 0.6) is 5.75 Å². The Kier molecular flexibility index (Phi) is 8.74. The summed E-state index contributed by atoms with van der Waals surface area (Å²) in [7, 11) is 0. The molecule has 2 atom stereocenters. The van der Waals surface area contributed by atoms with Crippen molar-refractivity contribution in [3.8, 4) is 5.75 Å². The number of hydrogen-bond donors (Lipinski definition) is 7. The quantitative estimate of drug-likeness (QED) is 0.192. The third kappa shape index (κ3) is 6.98. The van der Waals surface area contributed by atoms with Gasteiger partial charge in [0.1, 0.15) is 11.8 Å². The molecule has 1 aliphatic rings. The highest BCUT2D eigenvalue weighted by Crippen LogP contribution is 2.34. The molecule has 1 unspecified atom stereocenters. The zero-order valence-electron chi connectivity index (χ0n) is 18.4. The van der Waals surface area contributed by atoms with Gasteiger partial charge in [-0.25, -0.2) is 4.79 Å². The maximum atomic E-state index is 12.5. The van der Waals surface area contributed by atoms with Gasteiger partial charge in [-0.3, -0.25) is 15.0 Å². The van der Waals surface area contributed by atoms with Gasteiger partial charge in [0, 0.05) is 30.3 Å². The topological polar surface area (TPSA) is 179 Å². The van der Waals surface area contributed by atoms with Crippen LogP contribution in [-0.4, -0.2) is 54.6 Å². The Hall–Kier alpha value is -3.54. The minimum Gasteiger partial charge on any atom is -0.493 e. The molecule has 1 aliphatic heterocycles. The number of hydrogen-bond acceptors (Lipinski definition) is 6. The Morgan fingerprint density at radius 3 is 2.57 bits per heavy atom. The molecule has 0 saturated heterocycles. The maximum Gasteiger partial charge on any atom is 0.328 e. The summed E-state index contributed by atoms with van der Waals surface area (Å²) < 4.78 is 5.64. The normalized spacial score (nSPS) is 15.2. The lowest BCUT2D eigenvalue weighted by atomic mass is 10.00. The summed E-state index contributed by atoms with van der Waals surface area (Å²) in [6.07, 6.45) is 0.593. The van der Waals surface area contributed by atoms with Crippen molar-refractivity contribution in [1.29, 1.82) is 5.41 Å². The number of carbonyl (C=O) groups excluding carboxylic acids is 2. The van der Waals surface area contributed by atoms with Crippen LogP contribution in [0.3, 0.4) is 0 Å². The van der Waals surface area contributed by atoms with Crippen LogP contribution >= 0.6 is 23.2 Å². The second kappa shape index (κ2) is 11.7. The van der Waals surface area contributed by atoms with E-state index >= 15 is 0 Å². The summed E-state index contributed by atoms with van der Waals surface area (Å²) in [5, 5.41) is 27.6. The molecule has 2 aromatic carbocycles. The largest absolute Gasteiger partial charge is 0.493 e. The Morgan fingerprint density at radius 2 is 1.91 bits per heavy atom. The first kappa shape index (κ1) is 26.1. The van der Waals surface area contributed by atoms with Crippen LogP contribution in [0.2, 0.25) is 10.0 Å². The number of benzene rings is 2. The van der Waals surface area contributed by atoms with Gasteiger partial charge in [0.05, 0.1) is 28.8 Å².